The number of aromatic amines is 1. The Bertz CT molecular complexity index is 652. The molecule has 9 nitrogen and oxygen atoms in total. The zero-order valence-electron chi connectivity index (χ0n) is 18.9. The molecule has 0 radical (unpaired) electrons. The Balaban J connectivity index is 2.12. The normalized spacial score (nSPS) is 26.0. The number of nitrogens with one attached hydrogen (secondary N) is 1. The molecule has 0 saturated carbocycles. The fourth-order valence-electron chi connectivity index (χ4n) is 3.32. The van der Waals surface area contributed by atoms with Crippen molar-refractivity contribution in [2.75, 3.05) is 46.0 Å². The van der Waals surface area contributed by atoms with Crippen molar-refractivity contribution in [1.82, 2.24) is 20.0 Å². The zero-order valence-corrected chi connectivity index (χ0v) is 18.9. The van der Waals surface area contributed by atoms with Crippen LogP contribution in [0.4, 0.5) is 0 Å². The van der Waals surface area contributed by atoms with Crippen LogP contribution in [0.3, 0.4) is 0 Å². The van der Waals surface area contributed by atoms with E-state index >= 15 is 0 Å². The maximum absolute atomic E-state index is 12.3. The molecule has 3 N–H and O–H groups in total. The summed E-state index contributed by atoms with van der Waals surface area (Å²) in [4.78, 5) is 16.2. The number of nitrogens with zero attached hydrogens (tertiary/aromatic N) is 3. The van der Waals surface area contributed by atoms with Crippen LogP contribution in [0.2, 0.25) is 0 Å². The summed E-state index contributed by atoms with van der Waals surface area (Å²) in [5.41, 5.74) is 1.06. The lowest BCUT2D eigenvalue weighted by atomic mass is 10.1. The van der Waals surface area contributed by atoms with Crippen LogP contribution in [0, 0.1) is 5.92 Å². The first-order valence-corrected chi connectivity index (χ1v) is 11.0. The van der Waals surface area contributed by atoms with E-state index < -0.39 is 18.3 Å². The van der Waals surface area contributed by atoms with Gasteiger partial charge < -0.3 is 24.6 Å². The lowest BCUT2D eigenvalue weighted by Gasteiger charge is -2.33. The second-order valence-corrected chi connectivity index (χ2v) is 8.47. The van der Waals surface area contributed by atoms with Gasteiger partial charge in [-0.3, -0.25) is 14.8 Å². The van der Waals surface area contributed by atoms with Gasteiger partial charge in [0.2, 0.25) is 5.91 Å². The molecular formula is C22H38N4O5. The molecule has 2 heterocycles. The van der Waals surface area contributed by atoms with E-state index in [1.165, 1.54) is 6.92 Å². The molecule has 2 rings (SSSR count). The first-order chi connectivity index (χ1) is 14.9. The van der Waals surface area contributed by atoms with E-state index in [2.05, 4.69) is 28.9 Å². The average Bonchev–Trinajstić information content (AvgIpc) is 3.23. The van der Waals surface area contributed by atoms with Crippen molar-refractivity contribution in [3.63, 3.8) is 0 Å². The Morgan fingerprint density at radius 1 is 1.35 bits per heavy atom. The third-order valence-corrected chi connectivity index (χ3v) is 5.33. The molecular weight excluding hydrogens is 400 g/mol. The van der Waals surface area contributed by atoms with Crippen molar-refractivity contribution in [3.8, 4) is 0 Å². The smallest absolute Gasteiger partial charge is 0.219 e. The molecule has 1 amide bonds. The van der Waals surface area contributed by atoms with Crippen LogP contribution in [0.15, 0.2) is 24.5 Å². The van der Waals surface area contributed by atoms with Gasteiger partial charge in [-0.25, -0.2) is 0 Å². The van der Waals surface area contributed by atoms with Crippen LogP contribution in [0.1, 0.15) is 32.8 Å². The highest BCUT2D eigenvalue weighted by Crippen LogP contribution is 2.12. The molecule has 1 aliphatic rings. The second-order valence-electron chi connectivity index (χ2n) is 8.47. The lowest BCUT2D eigenvalue weighted by Crippen LogP contribution is -2.50. The minimum Gasteiger partial charge on any atom is -0.388 e. The summed E-state index contributed by atoms with van der Waals surface area (Å²) in [6.07, 6.45) is 5.45. The average molecular weight is 439 g/mol. The Morgan fingerprint density at radius 2 is 2.16 bits per heavy atom. The number of ether oxygens (including phenoxy) is 2. The fourth-order valence-corrected chi connectivity index (χ4v) is 3.32. The summed E-state index contributed by atoms with van der Waals surface area (Å²) in [6, 6.07) is 0. The third-order valence-electron chi connectivity index (χ3n) is 5.33. The number of amides is 1. The Hall–Kier alpha value is -1.78. The molecule has 3 atom stereocenters. The van der Waals surface area contributed by atoms with E-state index in [0.717, 1.165) is 12.0 Å². The maximum Gasteiger partial charge on any atom is 0.219 e. The van der Waals surface area contributed by atoms with E-state index in [1.54, 1.807) is 11.1 Å². The van der Waals surface area contributed by atoms with Crippen molar-refractivity contribution in [2.45, 2.75) is 52.0 Å². The lowest BCUT2D eigenvalue weighted by molar-refractivity contribution is -0.139. The van der Waals surface area contributed by atoms with Crippen molar-refractivity contribution in [2.24, 2.45) is 5.92 Å². The van der Waals surface area contributed by atoms with E-state index in [4.69, 9.17) is 9.47 Å². The number of hydrogen-bond donors (Lipinski definition) is 3. The molecule has 0 saturated heterocycles. The number of aliphatic hydroxyl groups excluding tert-OH is 2. The molecule has 0 spiro atoms. The minimum atomic E-state index is -1.15. The highest BCUT2D eigenvalue weighted by molar-refractivity contribution is 5.73. The molecule has 0 aliphatic carbocycles. The number of aromatic nitrogens is 2. The van der Waals surface area contributed by atoms with E-state index in [9.17, 15) is 15.0 Å². The summed E-state index contributed by atoms with van der Waals surface area (Å²) in [5, 5.41) is 27.9. The van der Waals surface area contributed by atoms with Crippen LogP contribution in [-0.4, -0.2) is 100 Å². The molecule has 1 aliphatic heterocycles. The monoisotopic (exact) mass is 438 g/mol. The minimum absolute atomic E-state index is 0.00560. The number of rotatable bonds is 6. The summed E-state index contributed by atoms with van der Waals surface area (Å²) in [6.45, 7) is 9.24. The number of hydrogen-bond acceptors (Lipinski definition) is 7. The third kappa shape index (κ3) is 9.49. The fraction of sp³-hybridized carbons (Fsp3) is 0.727. The zero-order chi connectivity index (χ0) is 22.6. The van der Waals surface area contributed by atoms with E-state index in [-0.39, 0.29) is 19.1 Å². The maximum atomic E-state index is 12.3. The highest BCUT2D eigenvalue weighted by Gasteiger charge is 2.30. The Morgan fingerprint density at radius 3 is 2.84 bits per heavy atom. The van der Waals surface area contributed by atoms with Crippen LogP contribution >= 0.6 is 0 Å². The molecule has 0 bridgehead atoms. The van der Waals surface area contributed by atoms with Gasteiger partial charge >= 0.3 is 0 Å². The number of aliphatic hydroxyl groups is 2. The highest BCUT2D eigenvalue weighted by atomic mass is 16.5. The van der Waals surface area contributed by atoms with Crippen LogP contribution in [-0.2, 0) is 20.8 Å². The molecule has 31 heavy (non-hydrogen) atoms. The molecule has 0 unspecified atom stereocenters. The summed E-state index contributed by atoms with van der Waals surface area (Å²) < 4.78 is 11.4. The predicted octanol–water partition coefficient (Wildman–Crippen LogP) is 0.800. The van der Waals surface area contributed by atoms with Crippen molar-refractivity contribution in [1.29, 1.82) is 0 Å². The SMILES string of the molecule is CC(=O)N1CCN(Cc2cn[nH]c2)C/C=C/COC[C@@H](O)[C@@H](O)[C@H](OCCC(C)C)C1. The van der Waals surface area contributed by atoms with Gasteiger partial charge in [-0.1, -0.05) is 26.0 Å². The van der Waals surface area contributed by atoms with Crippen molar-refractivity contribution in [3.05, 3.63) is 30.1 Å². The van der Waals surface area contributed by atoms with E-state index in [1.807, 2.05) is 18.3 Å². The van der Waals surface area contributed by atoms with E-state index in [0.29, 0.717) is 45.3 Å². The number of H-pyrrole nitrogens is 1. The first-order valence-electron chi connectivity index (χ1n) is 11.0. The molecule has 9 heteroatoms. The van der Waals surface area contributed by atoms with Gasteiger partial charge in [-0.05, 0) is 12.3 Å². The largest absolute Gasteiger partial charge is 0.388 e. The molecule has 1 aromatic rings. The molecule has 1 aromatic heterocycles. The summed E-state index contributed by atoms with van der Waals surface area (Å²) >= 11 is 0. The van der Waals surface area contributed by atoms with Gasteiger partial charge in [-0.2, -0.15) is 5.10 Å². The van der Waals surface area contributed by atoms with Gasteiger partial charge in [0, 0.05) is 58.0 Å². The Kier molecular flexibility index (Phi) is 11.2. The molecule has 0 aromatic carbocycles. The second kappa shape index (κ2) is 13.6. The number of carbonyl (C=O) groups is 1. The van der Waals surface area contributed by atoms with Crippen molar-refractivity contribution >= 4 is 5.91 Å². The molecule has 176 valence electrons. The van der Waals surface area contributed by atoms with Crippen LogP contribution in [0.25, 0.3) is 0 Å². The van der Waals surface area contributed by atoms with Gasteiger partial charge in [0.15, 0.2) is 0 Å². The standard InChI is InChI=1S/C22H38N4O5/c1-17(2)6-11-31-21-15-26(18(3)27)9-8-25(14-19-12-23-24-13-19)7-4-5-10-30-16-20(28)22(21)29/h4-5,12-13,17,20-22,28-29H,6-11,14-16H2,1-3H3,(H,23,24)/b5-4+/t20-,21-,22-/m1/s1. The van der Waals surface area contributed by atoms with Gasteiger partial charge in [0.25, 0.3) is 0 Å². The van der Waals surface area contributed by atoms with Gasteiger partial charge in [0.1, 0.15) is 18.3 Å². The summed E-state index contributed by atoms with van der Waals surface area (Å²) in [5.74, 6) is 0.359. The van der Waals surface area contributed by atoms with Crippen LogP contribution in [0.5, 0.6) is 0 Å². The Labute approximate surface area is 185 Å². The predicted molar refractivity (Wildman–Crippen MR) is 117 cm³/mol. The topological polar surface area (TPSA) is 111 Å². The first kappa shape index (κ1) is 25.5. The van der Waals surface area contributed by atoms with Crippen molar-refractivity contribution < 1.29 is 24.5 Å². The van der Waals surface area contributed by atoms with Crippen LogP contribution < -0.4 is 0 Å². The van der Waals surface area contributed by atoms with Gasteiger partial charge in [0.05, 0.1) is 19.4 Å². The summed E-state index contributed by atoms with van der Waals surface area (Å²) in [7, 11) is 0. The van der Waals surface area contributed by atoms with Gasteiger partial charge in [-0.15, -0.1) is 0 Å². The molecule has 0 fully saturated rings. The quantitative estimate of drug-likeness (QED) is 0.564. The number of carbonyl (C=O) groups excluding carboxylic acids is 1.